The first-order valence-corrected chi connectivity index (χ1v) is 6.74. The molecule has 0 aliphatic heterocycles. The molecule has 3 amide bonds. The topological polar surface area (TPSA) is 111 Å². The van der Waals surface area contributed by atoms with Gasteiger partial charge in [0.05, 0.1) is 7.11 Å². The predicted octanol–water partition coefficient (Wildman–Crippen LogP) is -0.546. The average Bonchev–Trinajstić information content (AvgIpc) is 2.32. The highest BCUT2D eigenvalue weighted by molar-refractivity contribution is 7.98. The van der Waals surface area contributed by atoms with E-state index in [0.717, 1.165) is 0 Å². The van der Waals surface area contributed by atoms with Gasteiger partial charge in [-0.25, -0.2) is 9.59 Å². The molecule has 4 N–H and O–H groups in total. The molecule has 0 aliphatic rings. The van der Waals surface area contributed by atoms with Crippen molar-refractivity contribution in [3.8, 4) is 0 Å². The van der Waals surface area contributed by atoms with E-state index in [4.69, 9.17) is 5.73 Å². The fraction of sp³-hybridized carbons (Fsp3) is 0.700. The van der Waals surface area contributed by atoms with Gasteiger partial charge in [-0.1, -0.05) is 0 Å². The van der Waals surface area contributed by atoms with Gasteiger partial charge in [0.2, 0.25) is 5.91 Å². The van der Waals surface area contributed by atoms with Crippen molar-refractivity contribution < 1.29 is 19.1 Å². The van der Waals surface area contributed by atoms with Gasteiger partial charge >= 0.3 is 12.0 Å². The molecule has 104 valence electrons. The van der Waals surface area contributed by atoms with Crippen LogP contribution in [-0.2, 0) is 14.3 Å². The number of methoxy groups -OCH3 is 1. The molecule has 0 saturated carbocycles. The van der Waals surface area contributed by atoms with Gasteiger partial charge in [-0.3, -0.25) is 4.79 Å². The van der Waals surface area contributed by atoms with Crippen molar-refractivity contribution in [2.45, 2.75) is 25.4 Å². The van der Waals surface area contributed by atoms with Crippen molar-refractivity contribution in [2.24, 2.45) is 5.73 Å². The summed E-state index contributed by atoms with van der Waals surface area (Å²) in [4.78, 5) is 33.8. The largest absolute Gasteiger partial charge is 0.467 e. The molecule has 0 radical (unpaired) electrons. The quantitative estimate of drug-likeness (QED) is 0.541. The van der Waals surface area contributed by atoms with Crippen molar-refractivity contribution in [3.05, 3.63) is 0 Å². The third kappa shape index (κ3) is 6.33. The highest BCUT2D eigenvalue weighted by Gasteiger charge is 2.23. The summed E-state index contributed by atoms with van der Waals surface area (Å²) in [7, 11) is 1.23. The number of hydrogen-bond donors (Lipinski definition) is 3. The smallest absolute Gasteiger partial charge is 0.328 e. The van der Waals surface area contributed by atoms with Crippen molar-refractivity contribution in [1.29, 1.82) is 0 Å². The maximum absolute atomic E-state index is 11.8. The second kappa shape index (κ2) is 8.62. The number of ether oxygens (including phenoxy) is 1. The van der Waals surface area contributed by atoms with Gasteiger partial charge in [0.15, 0.2) is 0 Å². The minimum atomic E-state index is -0.776. The number of rotatable bonds is 7. The van der Waals surface area contributed by atoms with Crippen molar-refractivity contribution in [2.75, 3.05) is 19.1 Å². The second-order valence-corrected chi connectivity index (χ2v) is 4.58. The Morgan fingerprint density at radius 1 is 1.33 bits per heavy atom. The van der Waals surface area contributed by atoms with Crippen LogP contribution in [0, 0.1) is 0 Å². The van der Waals surface area contributed by atoms with Crippen LogP contribution >= 0.6 is 11.8 Å². The normalized spacial score (nSPS) is 13.3. The Morgan fingerprint density at radius 2 is 1.94 bits per heavy atom. The fourth-order valence-electron chi connectivity index (χ4n) is 1.23. The third-order valence-corrected chi connectivity index (χ3v) is 2.80. The fourth-order valence-corrected chi connectivity index (χ4v) is 1.70. The molecule has 0 fully saturated rings. The first kappa shape index (κ1) is 16.6. The summed E-state index contributed by atoms with van der Waals surface area (Å²) in [6.07, 6.45) is 2.32. The Bertz CT molecular complexity index is 311. The highest BCUT2D eigenvalue weighted by Crippen LogP contribution is 2.01. The Kier molecular flexibility index (Phi) is 7.93. The summed E-state index contributed by atoms with van der Waals surface area (Å²) >= 11 is 1.54. The first-order chi connectivity index (χ1) is 8.42. The monoisotopic (exact) mass is 277 g/mol. The minimum Gasteiger partial charge on any atom is -0.467 e. The molecule has 0 aromatic heterocycles. The number of carbonyl (C=O) groups is 3. The third-order valence-electron chi connectivity index (χ3n) is 2.16. The highest BCUT2D eigenvalue weighted by atomic mass is 32.2. The Labute approximate surface area is 110 Å². The van der Waals surface area contributed by atoms with Crippen molar-refractivity contribution in [1.82, 2.24) is 10.6 Å². The van der Waals surface area contributed by atoms with E-state index in [1.165, 1.54) is 14.0 Å². The summed E-state index contributed by atoms with van der Waals surface area (Å²) in [5.41, 5.74) is 4.99. The van der Waals surface area contributed by atoms with Crippen LogP contribution in [0.1, 0.15) is 13.3 Å². The zero-order valence-electron chi connectivity index (χ0n) is 10.7. The Hall–Kier alpha value is -1.44. The minimum absolute atomic E-state index is 0.434. The number of thioether (sulfide) groups is 1. The van der Waals surface area contributed by atoms with E-state index >= 15 is 0 Å². The van der Waals surface area contributed by atoms with Crippen LogP contribution in [0.3, 0.4) is 0 Å². The number of nitrogens with two attached hydrogens (primary N) is 1. The van der Waals surface area contributed by atoms with Gasteiger partial charge in [-0.2, -0.15) is 11.8 Å². The summed E-state index contributed by atoms with van der Waals surface area (Å²) in [5.74, 6) is -0.322. The molecule has 0 saturated heterocycles. The molecule has 8 heteroatoms. The molecule has 18 heavy (non-hydrogen) atoms. The lowest BCUT2D eigenvalue weighted by Crippen LogP contribution is -2.52. The predicted molar refractivity (Wildman–Crippen MR) is 69.1 cm³/mol. The maximum Gasteiger partial charge on any atom is 0.328 e. The number of esters is 1. The molecule has 0 rings (SSSR count). The first-order valence-electron chi connectivity index (χ1n) is 5.35. The van der Waals surface area contributed by atoms with E-state index in [1.807, 2.05) is 6.26 Å². The molecule has 7 nitrogen and oxygen atoms in total. The molecule has 1 unspecified atom stereocenters. The van der Waals surface area contributed by atoms with Gasteiger partial charge in [0.25, 0.3) is 0 Å². The molecule has 0 bridgehead atoms. The molecule has 0 aliphatic carbocycles. The summed E-state index contributed by atoms with van der Waals surface area (Å²) in [5, 5.41) is 4.79. The second-order valence-electron chi connectivity index (χ2n) is 3.60. The van der Waals surface area contributed by atoms with Gasteiger partial charge in [0.1, 0.15) is 12.1 Å². The Balaban J connectivity index is 4.44. The molecule has 0 spiro atoms. The van der Waals surface area contributed by atoms with E-state index in [1.54, 1.807) is 11.8 Å². The van der Waals surface area contributed by atoms with E-state index in [0.29, 0.717) is 12.2 Å². The van der Waals surface area contributed by atoms with Crippen LogP contribution in [-0.4, -0.2) is 49.1 Å². The summed E-state index contributed by atoms with van der Waals surface area (Å²) < 4.78 is 4.49. The average molecular weight is 277 g/mol. The standard InChI is InChI=1S/C10H19N3O4S/c1-6(9(15)17-2)12-8(14)7(4-5-18-3)13-10(11)16/h6-7H,4-5H2,1-3H3,(H,12,14)(H3,11,13,16)/t6-,7?/m1/s1. The molecule has 2 atom stereocenters. The van der Waals surface area contributed by atoms with Crippen LogP contribution in [0.5, 0.6) is 0 Å². The van der Waals surface area contributed by atoms with E-state index in [2.05, 4.69) is 15.4 Å². The zero-order chi connectivity index (χ0) is 14.1. The number of primary amides is 1. The van der Waals surface area contributed by atoms with Crippen LogP contribution in [0.15, 0.2) is 0 Å². The molecule has 0 aromatic carbocycles. The van der Waals surface area contributed by atoms with Crippen LogP contribution < -0.4 is 16.4 Å². The summed E-state index contributed by atoms with van der Waals surface area (Å²) in [6, 6.07) is -2.29. The SMILES string of the molecule is COC(=O)[C@@H](C)NC(=O)C(CCSC)NC(N)=O. The number of hydrogen-bond acceptors (Lipinski definition) is 5. The van der Waals surface area contributed by atoms with Gasteiger partial charge in [-0.15, -0.1) is 0 Å². The number of carbonyl (C=O) groups excluding carboxylic acids is 3. The van der Waals surface area contributed by atoms with Gasteiger partial charge in [-0.05, 0) is 25.4 Å². The van der Waals surface area contributed by atoms with E-state index in [9.17, 15) is 14.4 Å². The molecule has 0 heterocycles. The van der Waals surface area contributed by atoms with Crippen LogP contribution in [0.25, 0.3) is 0 Å². The molecule has 0 aromatic rings. The Morgan fingerprint density at radius 3 is 2.39 bits per heavy atom. The van der Waals surface area contributed by atoms with Gasteiger partial charge < -0.3 is 21.1 Å². The number of urea groups is 1. The van der Waals surface area contributed by atoms with Crippen molar-refractivity contribution in [3.63, 3.8) is 0 Å². The summed E-state index contributed by atoms with van der Waals surface area (Å²) in [6.45, 7) is 1.50. The molecular formula is C10H19N3O4S. The zero-order valence-corrected chi connectivity index (χ0v) is 11.5. The van der Waals surface area contributed by atoms with Crippen LogP contribution in [0.4, 0.5) is 4.79 Å². The lowest BCUT2D eigenvalue weighted by molar-refractivity contribution is -0.144. The van der Waals surface area contributed by atoms with E-state index < -0.39 is 30.0 Å². The lowest BCUT2D eigenvalue weighted by atomic mass is 10.2. The lowest BCUT2D eigenvalue weighted by Gasteiger charge is -2.19. The van der Waals surface area contributed by atoms with Crippen LogP contribution in [0.2, 0.25) is 0 Å². The van der Waals surface area contributed by atoms with E-state index in [-0.39, 0.29) is 0 Å². The maximum atomic E-state index is 11.8. The number of nitrogens with one attached hydrogen (secondary N) is 2. The molecular weight excluding hydrogens is 258 g/mol. The number of amides is 3. The van der Waals surface area contributed by atoms with Gasteiger partial charge in [0, 0.05) is 0 Å². The van der Waals surface area contributed by atoms with Crippen molar-refractivity contribution >= 4 is 29.7 Å².